The van der Waals surface area contributed by atoms with E-state index in [-0.39, 0.29) is 0 Å². The number of hydrogen-bond donors (Lipinski definition) is 2. The summed E-state index contributed by atoms with van der Waals surface area (Å²) in [5.41, 5.74) is 2.27. The Hall–Kier alpha value is -1.51. The van der Waals surface area contributed by atoms with E-state index in [1.54, 1.807) is 0 Å². The van der Waals surface area contributed by atoms with Gasteiger partial charge in [-0.2, -0.15) is 5.10 Å². The summed E-state index contributed by atoms with van der Waals surface area (Å²) in [4.78, 5) is 0. The van der Waals surface area contributed by atoms with Crippen molar-refractivity contribution in [3.63, 3.8) is 0 Å². The van der Waals surface area contributed by atoms with Gasteiger partial charge in [-0.3, -0.25) is 5.10 Å². The van der Waals surface area contributed by atoms with Crippen molar-refractivity contribution >= 4 is 16.6 Å². The number of benzene rings is 1. The summed E-state index contributed by atoms with van der Waals surface area (Å²) in [7, 11) is 0. The molecular formula is C12H17N3. The van der Waals surface area contributed by atoms with Gasteiger partial charge in [0.1, 0.15) is 0 Å². The molecule has 80 valence electrons. The molecule has 2 aromatic rings. The number of unbranched alkanes of at least 4 members (excludes halogenated alkanes) is 2. The van der Waals surface area contributed by atoms with E-state index < -0.39 is 0 Å². The van der Waals surface area contributed by atoms with Gasteiger partial charge in [-0.15, -0.1) is 0 Å². The molecule has 0 saturated heterocycles. The molecule has 0 aliphatic rings. The first-order chi connectivity index (χ1) is 7.42. The summed E-state index contributed by atoms with van der Waals surface area (Å²) in [6.07, 6.45) is 5.65. The number of hydrogen-bond acceptors (Lipinski definition) is 2. The molecule has 1 aromatic heterocycles. The van der Waals surface area contributed by atoms with Gasteiger partial charge in [-0.1, -0.05) is 25.8 Å². The monoisotopic (exact) mass is 203 g/mol. The van der Waals surface area contributed by atoms with Crippen LogP contribution < -0.4 is 5.32 Å². The normalized spacial score (nSPS) is 10.7. The van der Waals surface area contributed by atoms with Crippen LogP contribution in [0.5, 0.6) is 0 Å². The van der Waals surface area contributed by atoms with Crippen LogP contribution in [0.3, 0.4) is 0 Å². The number of anilines is 1. The Balaban J connectivity index is 2.04. The van der Waals surface area contributed by atoms with E-state index in [0.29, 0.717) is 0 Å². The largest absolute Gasteiger partial charge is 0.384 e. The van der Waals surface area contributed by atoms with Gasteiger partial charge in [0.15, 0.2) is 0 Å². The molecule has 0 unspecified atom stereocenters. The molecule has 0 atom stereocenters. The molecule has 0 aliphatic heterocycles. The molecule has 0 fully saturated rings. The van der Waals surface area contributed by atoms with E-state index in [4.69, 9.17) is 0 Å². The van der Waals surface area contributed by atoms with Crippen LogP contribution in [-0.4, -0.2) is 16.7 Å². The minimum absolute atomic E-state index is 1.04. The zero-order valence-electron chi connectivity index (χ0n) is 9.09. The molecule has 1 heterocycles. The molecule has 0 aliphatic carbocycles. The van der Waals surface area contributed by atoms with E-state index in [2.05, 4.69) is 28.5 Å². The first kappa shape index (κ1) is 10.0. The predicted octanol–water partition coefficient (Wildman–Crippen LogP) is 3.17. The Kier molecular flexibility index (Phi) is 3.22. The molecule has 0 saturated carbocycles. The molecule has 15 heavy (non-hydrogen) atoms. The lowest BCUT2D eigenvalue weighted by atomic mass is 10.2. The number of nitrogens with zero attached hydrogens (tertiary/aromatic N) is 1. The highest BCUT2D eigenvalue weighted by Crippen LogP contribution is 2.20. The smallest absolute Gasteiger partial charge is 0.0671 e. The molecule has 0 bridgehead atoms. The van der Waals surface area contributed by atoms with Gasteiger partial charge in [-0.05, 0) is 18.6 Å². The molecule has 2 N–H and O–H groups in total. The van der Waals surface area contributed by atoms with Crippen molar-refractivity contribution in [1.82, 2.24) is 10.2 Å². The van der Waals surface area contributed by atoms with E-state index in [1.807, 2.05) is 18.3 Å². The van der Waals surface area contributed by atoms with Crippen molar-refractivity contribution in [3.8, 4) is 0 Å². The summed E-state index contributed by atoms with van der Waals surface area (Å²) >= 11 is 0. The topological polar surface area (TPSA) is 40.7 Å². The number of aromatic amines is 1. The maximum atomic E-state index is 4.04. The third kappa shape index (κ3) is 2.29. The second-order valence-electron chi connectivity index (χ2n) is 3.77. The van der Waals surface area contributed by atoms with Crippen LogP contribution in [-0.2, 0) is 0 Å². The van der Waals surface area contributed by atoms with Crippen LogP contribution in [0.15, 0.2) is 24.4 Å². The highest BCUT2D eigenvalue weighted by molar-refractivity contribution is 5.90. The SMILES string of the molecule is CCCCCNc1cccc2[nH]ncc12. The zero-order valence-corrected chi connectivity index (χ0v) is 9.09. The molecule has 1 aromatic carbocycles. The van der Waals surface area contributed by atoms with Crippen LogP contribution >= 0.6 is 0 Å². The average Bonchev–Trinajstić information content (AvgIpc) is 2.73. The number of H-pyrrole nitrogens is 1. The lowest BCUT2D eigenvalue weighted by molar-refractivity contribution is 0.744. The van der Waals surface area contributed by atoms with Crippen LogP contribution in [0.1, 0.15) is 26.2 Å². The van der Waals surface area contributed by atoms with Crippen LogP contribution in [0.4, 0.5) is 5.69 Å². The second kappa shape index (κ2) is 4.82. The third-order valence-electron chi connectivity index (χ3n) is 2.58. The number of fused-ring (bicyclic) bond motifs is 1. The fraction of sp³-hybridized carbons (Fsp3) is 0.417. The van der Waals surface area contributed by atoms with Crippen molar-refractivity contribution < 1.29 is 0 Å². The van der Waals surface area contributed by atoms with E-state index in [1.165, 1.54) is 30.3 Å². The lowest BCUT2D eigenvalue weighted by Crippen LogP contribution is -2.01. The Bertz CT molecular complexity index is 419. The standard InChI is InChI=1S/C12H17N3/c1-2-3-4-8-13-11-6-5-7-12-10(11)9-14-15-12/h5-7,9,13H,2-4,8H2,1H3,(H,14,15). The Morgan fingerprint density at radius 3 is 3.13 bits per heavy atom. The summed E-state index contributed by atoms with van der Waals surface area (Å²) in [6.45, 7) is 3.26. The highest BCUT2D eigenvalue weighted by Gasteiger charge is 2.00. The first-order valence-corrected chi connectivity index (χ1v) is 5.58. The zero-order chi connectivity index (χ0) is 10.5. The summed E-state index contributed by atoms with van der Waals surface area (Å²) < 4.78 is 0. The fourth-order valence-corrected chi connectivity index (χ4v) is 1.72. The molecule has 0 amide bonds. The summed E-state index contributed by atoms with van der Waals surface area (Å²) in [5, 5.41) is 11.6. The van der Waals surface area contributed by atoms with Crippen LogP contribution in [0.25, 0.3) is 10.9 Å². The minimum atomic E-state index is 1.04. The lowest BCUT2D eigenvalue weighted by Gasteiger charge is -2.06. The molecular weight excluding hydrogens is 186 g/mol. The van der Waals surface area contributed by atoms with Crippen molar-refractivity contribution in [1.29, 1.82) is 0 Å². The predicted molar refractivity (Wildman–Crippen MR) is 64.1 cm³/mol. The quantitative estimate of drug-likeness (QED) is 0.733. The van der Waals surface area contributed by atoms with E-state index in [9.17, 15) is 0 Å². The number of nitrogens with one attached hydrogen (secondary N) is 2. The van der Waals surface area contributed by atoms with Gasteiger partial charge in [0, 0.05) is 17.6 Å². The molecule has 3 heteroatoms. The Morgan fingerprint density at radius 2 is 2.27 bits per heavy atom. The first-order valence-electron chi connectivity index (χ1n) is 5.58. The maximum Gasteiger partial charge on any atom is 0.0671 e. The van der Waals surface area contributed by atoms with Gasteiger partial charge < -0.3 is 5.32 Å². The van der Waals surface area contributed by atoms with E-state index in [0.717, 1.165) is 12.1 Å². The maximum absolute atomic E-state index is 4.04. The Labute approximate surface area is 89.9 Å². The second-order valence-corrected chi connectivity index (χ2v) is 3.77. The van der Waals surface area contributed by atoms with E-state index >= 15 is 0 Å². The van der Waals surface area contributed by atoms with Gasteiger partial charge in [0.05, 0.1) is 11.7 Å². The highest BCUT2D eigenvalue weighted by atomic mass is 15.1. The number of rotatable bonds is 5. The summed E-state index contributed by atoms with van der Waals surface area (Å²) in [6, 6.07) is 6.19. The third-order valence-corrected chi connectivity index (χ3v) is 2.58. The average molecular weight is 203 g/mol. The Morgan fingerprint density at radius 1 is 1.33 bits per heavy atom. The molecule has 0 radical (unpaired) electrons. The van der Waals surface area contributed by atoms with Gasteiger partial charge in [0.2, 0.25) is 0 Å². The van der Waals surface area contributed by atoms with Crippen LogP contribution in [0, 0.1) is 0 Å². The van der Waals surface area contributed by atoms with Crippen molar-refractivity contribution in [2.75, 3.05) is 11.9 Å². The van der Waals surface area contributed by atoms with Crippen molar-refractivity contribution in [2.45, 2.75) is 26.2 Å². The minimum Gasteiger partial charge on any atom is -0.384 e. The number of aromatic nitrogens is 2. The van der Waals surface area contributed by atoms with Crippen molar-refractivity contribution in [3.05, 3.63) is 24.4 Å². The van der Waals surface area contributed by atoms with Gasteiger partial charge in [-0.25, -0.2) is 0 Å². The fourth-order valence-electron chi connectivity index (χ4n) is 1.72. The summed E-state index contributed by atoms with van der Waals surface area (Å²) in [5.74, 6) is 0. The van der Waals surface area contributed by atoms with Gasteiger partial charge in [0.25, 0.3) is 0 Å². The van der Waals surface area contributed by atoms with Crippen molar-refractivity contribution in [2.24, 2.45) is 0 Å². The molecule has 0 spiro atoms. The van der Waals surface area contributed by atoms with Gasteiger partial charge >= 0.3 is 0 Å². The van der Waals surface area contributed by atoms with Crippen LogP contribution in [0.2, 0.25) is 0 Å². The molecule has 3 nitrogen and oxygen atoms in total. The molecule has 2 rings (SSSR count).